The Labute approximate surface area is 183 Å². The van der Waals surface area contributed by atoms with Crippen LogP contribution in [0.1, 0.15) is 26.7 Å². The van der Waals surface area contributed by atoms with E-state index in [1.807, 2.05) is 35.8 Å². The summed E-state index contributed by atoms with van der Waals surface area (Å²) < 4.78 is 11.3. The molecule has 4 aliphatic rings. The number of urea groups is 1. The summed E-state index contributed by atoms with van der Waals surface area (Å²) in [6, 6.07) is 8.31. The van der Waals surface area contributed by atoms with E-state index in [9.17, 15) is 9.59 Å². The molecule has 0 aliphatic carbocycles. The second kappa shape index (κ2) is 7.89. The summed E-state index contributed by atoms with van der Waals surface area (Å²) in [5.41, 5.74) is 1.41. The zero-order valence-electron chi connectivity index (χ0n) is 18.4. The second-order valence-corrected chi connectivity index (χ2v) is 9.73. The number of anilines is 1. The Hall–Kier alpha value is -2.48. The average molecular weight is 429 g/mol. The van der Waals surface area contributed by atoms with Crippen molar-refractivity contribution in [3.8, 4) is 5.75 Å². The number of nitrogens with one attached hydrogen (secondary N) is 1. The molecule has 8 heteroatoms. The average Bonchev–Trinajstić information content (AvgIpc) is 3.18. The number of morpholine rings is 1. The number of nitrogens with zero attached hydrogens (tertiary/aromatic N) is 3. The standard InChI is InChI=1S/C23H32N4O4/c1-16(2)31-18-5-3-17(4-6-18)27-14-23(15-27)8-10-26(13-23)22(29)25-9-7-20-19(11-25)24-21(28)12-30-20/h3-6,16,19-20H,7-15H2,1-2H3,(H,24,28)/t19-,20+/m1/s1. The lowest BCUT2D eigenvalue weighted by molar-refractivity contribution is -0.139. The highest BCUT2D eigenvalue weighted by Crippen LogP contribution is 2.42. The molecule has 1 aromatic rings. The number of amides is 3. The number of ether oxygens (including phenoxy) is 2. The van der Waals surface area contributed by atoms with E-state index in [0.29, 0.717) is 13.1 Å². The summed E-state index contributed by atoms with van der Waals surface area (Å²) in [6.07, 6.45) is 2.03. The monoisotopic (exact) mass is 428 g/mol. The summed E-state index contributed by atoms with van der Waals surface area (Å²) in [6.45, 7) is 9.00. The Morgan fingerprint density at radius 1 is 1.16 bits per heavy atom. The number of piperidine rings is 1. The number of rotatable bonds is 3. The summed E-state index contributed by atoms with van der Waals surface area (Å²) in [7, 11) is 0. The minimum Gasteiger partial charge on any atom is -0.491 e. The summed E-state index contributed by atoms with van der Waals surface area (Å²) in [5.74, 6) is 0.809. The van der Waals surface area contributed by atoms with E-state index in [2.05, 4.69) is 22.3 Å². The molecule has 0 unspecified atom stereocenters. The van der Waals surface area contributed by atoms with E-state index in [1.165, 1.54) is 5.69 Å². The van der Waals surface area contributed by atoms with Gasteiger partial charge in [-0.25, -0.2) is 4.79 Å². The van der Waals surface area contributed by atoms with E-state index in [4.69, 9.17) is 9.47 Å². The molecule has 0 radical (unpaired) electrons. The summed E-state index contributed by atoms with van der Waals surface area (Å²) >= 11 is 0. The first-order valence-corrected chi connectivity index (χ1v) is 11.4. The van der Waals surface area contributed by atoms with Gasteiger partial charge >= 0.3 is 6.03 Å². The third-order valence-corrected chi connectivity index (χ3v) is 6.93. The molecule has 31 heavy (non-hydrogen) atoms. The van der Waals surface area contributed by atoms with Gasteiger partial charge in [0.2, 0.25) is 5.91 Å². The molecule has 0 saturated carbocycles. The van der Waals surface area contributed by atoms with Crippen LogP contribution in [0.4, 0.5) is 10.5 Å². The van der Waals surface area contributed by atoms with Crippen molar-refractivity contribution in [1.82, 2.24) is 15.1 Å². The molecule has 0 bridgehead atoms. The van der Waals surface area contributed by atoms with Crippen molar-refractivity contribution in [2.75, 3.05) is 50.8 Å². The van der Waals surface area contributed by atoms with Crippen LogP contribution in [0.3, 0.4) is 0 Å². The number of benzene rings is 1. The van der Waals surface area contributed by atoms with Gasteiger partial charge < -0.3 is 29.5 Å². The second-order valence-electron chi connectivity index (χ2n) is 9.73. The lowest BCUT2D eigenvalue weighted by Gasteiger charge is -2.49. The van der Waals surface area contributed by atoms with Gasteiger partial charge in [0.05, 0.1) is 18.2 Å². The van der Waals surface area contributed by atoms with Gasteiger partial charge in [-0.1, -0.05) is 0 Å². The highest BCUT2D eigenvalue weighted by atomic mass is 16.5. The smallest absolute Gasteiger partial charge is 0.320 e. The Kier molecular flexibility index (Phi) is 5.20. The lowest BCUT2D eigenvalue weighted by Crippen LogP contribution is -2.62. The number of hydrogen-bond donors (Lipinski definition) is 1. The summed E-state index contributed by atoms with van der Waals surface area (Å²) in [5, 5.41) is 2.98. The van der Waals surface area contributed by atoms with Crippen LogP contribution < -0.4 is 15.0 Å². The Morgan fingerprint density at radius 2 is 1.94 bits per heavy atom. The Morgan fingerprint density at radius 3 is 2.68 bits per heavy atom. The van der Waals surface area contributed by atoms with E-state index in [1.54, 1.807) is 0 Å². The Balaban J connectivity index is 1.14. The first-order valence-electron chi connectivity index (χ1n) is 11.4. The predicted octanol–water partition coefficient (Wildman–Crippen LogP) is 1.70. The SMILES string of the molecule is CC(C)Oc1ccc(N2CC3(CCN(C(=O)N4CC[C@@H]5OCC(=O)N[C@@H]5C4)C3)C2)cc1. The normalized spacial score (nSPS) is 27.2. The van der Waals surface area contributed by atoms with Crippen molar-refractivity contribution in [3.63, 3.8) is 0 Å². The molecule has 1 spiro atoms. The van der Waals surface area contributed by atoms with E-state index >= 15 is 0 Å². The minimum absolute atomic E-state index is 0.0317. The van der Waals surface area contributed by atoms with Crippen LogP contribution in [-0.2, 0) is 9.53 Å². The van der Waals surface area contributed by atoms with Gasteiger partial charge in [0.1, 0.15) is 12.4 Å². The minimum atomic E-state index is -0.0889. The highest BCUT2D eigenvalue weighted by molar-refractivity contribution is 5.79. The first kappa shape index (κ1) is 20.4. The van der Waals surface area contributed by atoms with Crippen molar-refractivity contribution in [1.29, 1.82) is 0 Å². The number of carbonyl (C=O) groups is 2. The lowest BCUT2D eigenvalue weighted by atomic mass is 9.79. The number of carbonyl (C=O) groups excluding carboxylic acids is 2. The largest absolute Gasteiger partial charge is 0.491 e. The van der Waals surface area contributed by atoms with Crippen molar-refractivity contribution < 1.29 is 19.1 Å². The van der Waals surface area contributed by atoms with E-state index in [-0.39, 0.29) is 42.2 Å². The van der Waals surface area contributed by atoms with Gasteiger partial charge in [0.25, 0.3) is 0 Å². The number of hydrogen-bond acceptors (Lipinski definition) is 5. The van der Waals surface area contributed by atoms with Gasteiger partial charge in [0.15, 0.2) is 0 Å². The fourth-order valence-corrected chi connectivity index (χ4v) is 5.38. The maximum absolute atomic E-state index is 13.1. The van der Waals surface area contributed by atoms with E-state index < -0.39 is 0 Å². The molecule has 2 atom stereocenters. The third kappa shape index (κ3) is 4.05. The third-order valence-electron chi connectivity index (χ3n) is 6.93. The molecule has 4 fully saturated rings. The van der Waals surface area contributed by atoms with Crippen LogP contribution in [0.5, 0.6) is 5.75 Å². The Bertz CT molecular complexity index is 836. The van der Waals surface area contributed by atoms with Gasteiger partial charge in [-0.3, -0.25) is 4.79 Å². The highest BCUT2D eigenvalue weighted by Gasteiger charge is 2.49. The van der Waals surface area contributed by atoms with Crippen LogP contribution >= 0.6 is 0 Å². The predicted molar refractivity (Wildman–Crippen MR) is 116 cm³/mol. The van der Waals surface area contributed by atoms with Crippen molar-refractivity contribution in [2.24, 2.45) is 5.41 Å². The quantitative estimate of drug-likeness (QED) is 0.793. The molecule has 8 nitrogen and oxygen atoms in total. The van der Waals surface area contributed by atoms with Gasteiger partial charge in [-0.15, -0.1) is 0 Å². The van der Waals surface area contributed by atoms with Gasteiger partial charge in [-0.2, -0.15) is 0 Å². The molecule has 1 N–H and O–H groups in total. The molecule has 1 aromatic carbocycles. The molecular weight excluding hydrogens is 396 g/mol. The van der Waals surface area contributed by atoms with Crippen LogP contribution in [0.15, 0.2) is 24.3 Å². The van der Waals surface area contributed by atoms with Crippen molar-refractivity contribution >= 4 is 17.6 Å². The maximum atomic E-state index is 13.1. The van der Waals surface area contributed by atoms with E-state index in [0.717, 1.165) is 44.8 Å². The van der Waals surface area contributed by atoms with Crippen molar-refractivity contribution in [2.45, 2.75) is 44.9 Å². The molecule has 0 aromatic heterocycles. The van der Waals surface area contributed by atoms with Crippen LogP contribution in [0.25, 0.3) is 0 Å². The fraction of sp³-hybridized carbons (Fsp3) is 0.652. The van der Waals surface area contributed by atoms with Gasteiger partial charge in [-0.05, 0) is 51.0 Å². The fourth-order valence-electron chi connectivity index (χ4n) is 5.38. The molecule has 4 aliphatic heterocycles. The molecule has 168 valence electrons. The zero-order valence-corrected chi connectivity index (χ0v) is 18.4. The molecule has 4 saturated heterocycles. The zero-order chi connectivity index (χ0) is 21.6. The topological polar surface area (TPSA) is 74.3 Å². The first-order chi connectivity index (χ1) is 14.9. The van der Waals surface area contributed by atoms with Crippen molar-refractivity contribution in [3.05, 3.63) is 24.3 Å². The molecular formula is C23H32N4O4. The van der Waals surface area contributed by atoms with Gasteiger partial charge in [0, 0.05) is 50.4 Å². The van der Waals surface area contributed by atoms with Crippen LogP contribution in [0, 0.1) is 5.41 Å². The molecule has 4 heterocycles. The molecule has 5 rings (SSSR count). The number of fused-ring (bicyclic) bond motifs is 1. The molecule has 3 amide bonds. The number of likely N-dealkylation sites (tertiary alicyclic amines) is 2. The summed E-state index contributed by atoms with van der Waals surface area (Å²) in [4.78, 5) is 31.0. The van der Waals surface area contributed by atoms with Crippen LogP contribution in [0.2, 0.25) is 0 Å². The van der Waals surface area contributed by atoms with Crippen LogP contribution in [-0.4, -0.2) is 85.9 Å². The maximum Gasteiger partial charge on any atom is 0.320 e.